The highest BCUT2D eigenvalue weighted by molar-refractivity contribution is 5.53. The summed E-state index contributed by atoms with van der Waals surface area (Å²) in [5.41, 5.74) is 6.29. The Balaban J connectivity index is 2.33. The summed E-state index contributed by atoms with van der Waals surface area (Å²) in [7, 11) is 0. The SMILES string of the molecule is CCC(N)(CC)c1nc(-c2ccc(F)cc2)no1. The number of halogens is 1. The largest absolute Gasteiger partial charge is 0.337 e. The van der Waals surface area contributed by atoms with Crippen LogP contribution in [-0.4, -0.2) is 10.1 Å². The zero-order valence-corrected chi connectivity index (χ0v) is 10.5. The third-order valence-corrected chi connectivity index (χ3v) is 3.22. The Morgan fingerprint density at radius 3 is 2.39 bits per heavy atom. The molecule has 0 unspecified atom stereocenters. The van der Waals surface area contributed by atoms with Gasteiger partial charge in [-0.1, -0.05) is 19.0 Å². The van der Waals surface area contributed by atoms with E-state index in [2.05, 4.69) is 10.1 Å². The van der Waals surface area contributed by atoms with Gasteiger partial charge in [-0.25, -0.2) is 4.39 Å². The number of hydrogen-bond acceptors (Lipinski definition) is 4. The molecule has 0 fully saturated rings. The van der Waals surface area contributed by atoms with Crippen molar-refractivity contribution >= 4 is 0 Å². The quantitative estimate of drug-likeness (QED) is 0.904. The highest BCUT2D eigenvalue weighted by Gasteiger charge is 2.30. The molecule has 0 radical (unpaired) electrons. The number of rotatable bonds is 4. The van der Waals surface area contributed by atoms with Crippen LogP contribution in [0.4, 0.5) is 4.39 Å². The molecule has 2 aromatic rings. The summed E-state index contributed by atoms with van der Waals surface area (Å²) in [6.07, 6.45) is 1.43. The Morgan fingerprint density at radius 1 is 1.22 bits per heavy atom. The van der Waals surface area contributed by atoms with E-state index in [9.17, 15) is 4.39 Å². The average Bonchev–Trinajstić information content (AvgIpc) is 2.89. The van der Waals surface area contributed by atoms with Crippen molar-refractivity contribution in [1.29, 1.82) is 0 Å². The first-order chi connectivity index (χ1) is 8.59. The number of nitrogens with zero attached hydrogens (tertiary/aromatic N) is 2. The van der Waals surface area contributed by atoms with Gasteiger partial charge in [0.15, 0.2) is 0 Å². The number of nitrogens with two attached hydrogens (primary N) is 1. The standard InChI is InChI=1S/C13H16FN3O/c1-3-13(15,4-2)12-16-11(17-18-12)9-5-7-10(14)8-6-9/h5-8H,3-4,15H2,1-2H3. The van der Waals surface area contributed by atoms with Gasteiger partial charge in [0.05, 0.1) is 5.54 Å². The molecule has 1 aromatic heterocycles. The van der Waals surface area contributed by atoms with Gasteiger partial charge in [-0.15, -0.1) is 0 Å². The third kappa shape index (κ3) is 2.26. The van der Waals surface area contributed by atoms with Crippen LogP contribution < -0.4 is 5.73 Å². The molecule has 1 heterocycles. The molecule has 0 bridgehead atoms. The van der Waals surface area contributed by atoms with Crippen LogP contribution in [0.2, 0.25) is 0 Å². The molecule has 0 saturated carbocycles. The molecule has 4 nitrogen and oxygen atoms in total. The first-order valence-corrected chi connectivity index (χ1v) is 5.98. The van der Waals surface area contributed by atoms with Crippen LogP contribution in [0.5, 0.6) is 0 Å². The average molecular weight is 249 g/mol. The molecular formula is C13H16FN3O. The van der Waals surface area contributed by atoms with E-state index >= 15 is 0 Å². The molecule has 0 aliphatic carbocycles. The van der Waals surface area contributed by atoms with E-state index in [1.165, 1.54) is 12.1 Å². The van der Waals surface area contributed by atoms with E-state index in [-0.39, 0.29) is 5.82 Å². The van der Waals surface area contributed by atoms with Crippen molar-refractivity contribution in [2.45, 2.75) is 32.2 Å². The van der Waals surface area contributed by atoms with Crippen molar-refractivity contribution in [2.75, 3.05) is 0 Å². The van der Waals surface area contributed by atoms with Crippen LogP contribution in [0.25, 0.3) is 11.4 Å². The number of benzene rings is 1. The van der Waals surface area contributed by atoms with E-state index < -0.39 is 5.54 Å². The van der Waals surface area contributed by atoms with Gasteiger partial charge in [-0.05, 0) is 37.1 Å². The van der Waals surface area contributed by atoms with Crippen LogP contribution >= 0.6 is 0 Å². The van der Waals surface area contributed by atoms with Crippen molar-refractivity contribution in [3.05, 3.63) is 36.0 Å². The lowest BCUT2D eigenvalue weighted by atomic mass is 9.94. The normalized spacial score (nSPS) is 11.8. The summed E-state index contributed by atoms with van der Waals surface area (Å²) in [5, 5.41) is 3.89. The topological polar surface area (TPSA) is 64.9 Å². The van der Waals surface area contributed by atoms with Gasteiger partial charge in [0.25, 0.3) is 0 Å². The van der Waals surface area contributed by atoms with Crippen LogP contribution in [0.15, 0.2) is 28.8 Å². The molecule has 2 rings (SSSR count). The van der Waals surface area contributed by atoms with Gasteiger partial charge in [-0.2, -0.15) is 4.98 Å². The summed E-state index contributed by atoms with van der Waals surface area (Å²) in [6.45, 7) is 3.95. The first kappa shape index (κ1) is 12.7. The van der Waals surface area contributed by atoms with Gasteiger partial charge in [0, 0.05) is 5.56 Å². The molecule has 0 atom stereocenters. The molecule has 0 saturated heterocycles. The zero-order chi connectivity index (χ0) is 13.2. The summed E-state index contributed by atoms with van der Waals surface area (Å²) in [5.74, 6) is 0.561. The lowest BCUT2D eigenvalue weighted by Crippen LogP contribution is -2.35. The molecule has 18 heavy (non-hydrogen) atoms. The minimum atomic E-state index is -0.592. The van der Waals surface area contributed by atoms with Crippen molar-refractivity contribution in [3.63, 3.8) is 0 Å². The lowest BCUT2D eigenvalue weighted by molar-refractivity contribution is 0.268. The van der Waals surface area contributed by atoms with Gasteiger partial charge in [0.1, 0.15) is 5.82 Å². The maximum absolute atomic E-state index is 12.8. The predicted molar refractivity (Wildman–Crippen MR) is 66.1 cm³/mol. The zero-order valence-electron chi connectivity index (χ0n) is 10.5. The fraction of sp³-hybridized carbons (Fsp3) is 0.385. The Hall–Kier alpha value is -1.75. The third-order valence-electron chi connectivity index (χ3n) is 3.22. The van der Waals surface area contributed by atoms with Crippen LogP contribution in [-0.2, 0) is 5.54 Å². The smallest absolute Gasteiger partial charge is 0.247 e. The van der Waals surface area contributed by atoms with Crippen molar-refractivity contribution < 1.29 is 8.91 Å². The number of hydrogen-bond donors (Lipinski definition) is 1. The molecule has 0 amide bonds. The lowest BCUT2D eigenvalue weighted by Gasteiger charge is -2.20. The minimum absolute atomic E-state index is 0.294. The summed E-state index contributed by atoms with van der Waals surface area (Å²) < 4.78 is 18.0. The molecular weight excluding hydrogens is 233 g/mol. The van der Waals surface area contributed by atoms with Crippen molar-refractivity contribution in [2.24, 2.45) is 5.73 Å². The van der Waals surface area contributed by atoms with Crippen molar-refractivity contribution in [1.82, 2.24) is 10.1 Å². The second-order valence-electron chi connectivity index (χ2n) is 4.29. The monoisotopic (exact) mass is 249 g/mol. The van der Waals surface area contributed by atoms with E-state index in [1.54, 1.807) is 12.1 Å². The Kier molecular flexibility index (Phi) is 3.43. The van der Waals surface area contributed by atoms with E-state index in [1.807, 2.05) is 13.8 Å². The Morgan fingerprint density at radius 2 is 1.83 bits per heavy atom. The predicted octanol–water partition coefficient (Wildman–Crippen LogP) is 2.85. The molecule has 0 aliphatic rings. The van der Waals surface area contributed by atoms with Gasteiger partial charge >= 0.3 is 0 Å². The molecule has 0 aliphatic heterocycles. The highest BCUT2D eigenvalue weighted by Crippen LogP contribution is 2.26. The molecule has 2 N–H and O–H groups in total. The fourth-order valence-corrected chi connectivity index (χ4v) is 1.69. The molecule has 5 heteroatoms. The summed E-state index contributed by atoms with van der Waals surface area (Å²) >= 11 is 0. The maximum Gasteiger partial charge on any atom is 0.247 e. The Bertz CT molecular complexity index is 517. The van der Waals surface area contributed by atoms with E-state index in [4.69, 9.17) is 10.3 Å². The van der Waals surface area contributed by atoms with Gasteiger partial charge in [-0.3, -0.25) is 0 Å². The van der Waals surface area contributed by atoms with Crippen LogP contribution in [0.1, 0.15) is 32.6 Å². The fourth-order valence-electron chi connectivity index (χ4n) is 1.69. The summed E-state index contributed by atoms with van der Waals surface area (Å²) in [6, 6.07) is 5.95. The number of aromatic nitrogens is 2. The van der Waals surface area contributed by atoms with Crippen LogP contribution in [0, 0.1) is 5.82 Å². The highest BCUT2D eigenvalue weighted by atomic mass is 19.1. The van der Waals surface area contributed by atoms with Gasteiger partial charge < -0.3 is 10.3 Å². The van der Waals surface area contributed by atoms with E-state index in [0.29, 0.717) is 30.1 Å². The van der Waals surface area contributed by atoms with Crippen molar-refractivity contribution in [3.8, 4) is 11.4 Å². The summed E-state index contributed by atoms with van der Waals surface area (Å²) in [4.78, 5) is 4.30. The Labute approximate surface area is 105 Å². The second kappa shape index (κ2) is 4.86. The minimum Gasteiger partial charge on any atom is -0.337 e. The van der Waals surface area contributed by atoms with Crippen LogP contribution in [0.3, 0.4) is 0 Å². The van der Waals surface area contributed by atoms with E-state index in [0.717, 1.165) is 0 Å². The van der Waals surface area contributed by atoms with Gasteiger partial charge in [0.2, 0.25) is 11.7 Å². The second-order valence-corrected chi connectivity index (χ2v) is 4.29. The molecule has 96 valence electrons. The molecule has 0 spiro atoms. The maximum atomic E-state index is 12.8. The molecule has 1 aromatic carbocycles. The first-order valence-electron chi connectivity index (χ1n) is 5.98.